The Morgan fingerprint density at radius 3 is 2.38 bits per heavy atom. The van der Waals surface area contributed by atoms with E-state index in [1.807, 2.05) is 24.3 Å². The van der Waals surface area contributed by atoms with Crippen LogP contribution < -0.4 is 10.1 Å². The van der Waals surface area contributed by atoms with Crippen LogP contribution in [0.3, 0.4) is 0 Å². The molecule has 0 aromatic heterocycles. The number of allylic oxidation sites excluding steroid dienone is 1. The van der Waals surface area contributed by atoms with Crippen molar-refractivity contribution in [3.05, 3.63) is 36.0 Å². The standard InChI is InChI=1S/C12H15NO3/c1-9(8-12(14)16-3)13-10-4-6-11(15-2)7-5-10/h4-8,13H,1-3H3/b9-8-. The number of anilines is 1. The van der Waals surface area contributed by atoms with Gasteiger partial charge in [-0.3, -0.25) is 0 Å². The molecule has 1 N–H and O–H groups in total. The van der Waals surface area contributed by atoms with Crippen molar-refractivity contribution in [3.63, 3.8) is 0 Å². The van der Waals surface area contributed by atoms with Crippen LogP contribution in [0.4, 0.5) is 5.69 Å². The summed E-state index contributed by atoms with van der Waals surface area (Å²) in [6, 6.07) is 7.42. The predicted octanol–water partition coefficient (Wildman–Crippen LogP) is 2.18. The largest absolute Gasteiger partial charge is 0.497 e. The molecular weight excluding hydrogens is 206 g/mol. The van der Waals surface area contributed by atoms with E-state index in [1.54, 1.807) is 14.0 Å². The SMILES string of the molecule is COC(=O)/C=C(/C)Nc1ccc(OC)cc1. The molecule has 16 heavy (non-hydrogen) atoms. The van der Waals surface area contributed by atoms with Crippen LogP contribution >= 0.6 is 0 Å². The maximum atomic E-state index is 11.0. The molecule has 0 aliphatic carbocycles. The van der Waals surface area contributed by atoms with Crippen molar-refractivity contribution in [2.24, 2.45) is 0 Å². The zero-order valence-electron chi connectivity index (χ0n) is 9.61. The van der Waals surface area contributed by atoms with Crippen molar-refractivity contribution in [1.82, 2.24) is 0 Å². The second kappa shape index (κ2) is 5.80. The summed E-state index contributed by atoms with van der Waals surface area (Å²) in [4.78, 5) is 11.0. The fraction of sp³-hybridized carbons (Fsp3) is 0.250. The van der Waals surface area contributed by atoms with Gasteiger partial charge in [-0.15, -0.1) is 0 Å². The molecule has 1 rings (SSSR count). The summed E-state index contributed by atoms with van der Waals surface area (Å²) in [5.74, 6) is 0.415. The minimum Gasteiger partial charge on any atom is -0.497 e. The third-order valence-corrected chi connectivity index (χ3v) is 1.97. The number of hydrogen-bond acceptors (Lipinski definition) is 4. The summed E-state index contributed by atoms with van der Waals surface area (Å²) < 4.78 is 9.56. The van der Waals surface area contributed by atoms with E-state index in [0.29, 0.717) is 0 Å². The first-order chi connectivity index (χ1) is 7.65. The summed E-state index contributed by atoms with van der Waals surface area (Å²) in [7, 11) is 2.96. The Balaban J connectivity index is 2.66. The van der Waals surface area contributed by atoms with Gasteiger partial charge in [0.1, 0.15) is 5.75 Å². The van der Waals surface area contributed by atoms with E-state index in [-0.39, 0.29) is 5.97 Å². The number of ether oxygens (including phenoxy) is 2. The average Bonchev–Trinajstić information content (AvgIpc) is 2.29. The Kier molecular flexibility index (Phi) is 4.39. The van der Waals surface area contributed by atoms with Gasteiger partial charge in [0.25, 0.3) is 0 Å². The molecule has 86 valence electrons. The fourth-order valence-corrected chi connectivity index (χ4v) is 1.17. The van der Waals surface area contributed by atoms with E-state index >= 15 is 0 Å². The van der Waals surface area contributed by atoms with Crippen molar-refractivity contribution < 1.29 is 14.3 Å². The van der Waals surface area contributed by atoms with Gasteiger partial charge in [-0.25, -0.2) is 4.79 Å². The lowest BCUT2D eigenvalue weighted by atomic mass is 10.3. The molecule has 0 atom stereocenters. The molecule has 4 heteroatoms. The maximum Gasteiger partial charge on any atom is 0.332 e. The summed E-state index contributed by atoms with van der Waals surface area (Å²) >= 11 is 0. The molecular formula is C12H15NO3. The van der Waals surface area contributed by atoms with Crippen molar-refractivity contribution in [3.8, 4) is 5.75 Å². The first-order valence-electron chi connectivity index (χ1n) is 4.83. The second-order valence-corrected chi connectivity index (χ2v) is 3.20. The molecule has 0 heterocycles. The van der Waals surface area contributed by atoms with Gasteiger partial charge in [0, 0.05) is 17.5 Å². The Morgan fingerprint density at radius 1 is 1.25 bits per heavy atom. The molecule has 0 radical (unpaired) electrons. The molecule has 4 nitrogen and oxygen atoms in total. The normalized spacial score (nSPS) is 10.8. The molecule has 1 aromatic carbocycles. The van der Waals surface area contributed by atoms with Crippen LogP contribution in [0.5, 0.6) is 5.75 Å². The van der Waals surface area contributed by atoms with E-state index < -0.39 is 0 Å². The van der Waals surface area contributed by atoms with Gasteiger partial charge in [-0.05, 0) is 31.2 Å². The number of carbonyl (C=O) groups excluding carboxylic acids is 1. The van der Waals surface area contributed by atoms with E-state index in [0.717, 1.165) is 17.1 Å². The Labute approximate surface area is 94.9 Å². The van der Waals surface area contributed by atoms with Crippen LogP contribution in [0.25, 0.3) is 0 Å². The van der Waals surface area contributed by atoms with Crippen LogP contribution in [0.1, 0.15) is 6.92 Å². The molecule has 0 saturated carbocycles. The topological polar surface area (TPSA) is 47.6 Å². The maximum absolute atomic E-state index is 11.0. The Hall–Kier alpha value is -1.97. The highest BCUT2D eigenvalue weighted by atomic mass is 16.5. The third-order valence-electron chi connectivity index (χ3n) is 1.97. The summed E-state index contributed by atoms with van der Waals surface area (Å²) in [6.07, 6.45) is 1.39. The quantitative estimate of drug-likeness (QED) is 0.625. The van der Waals surface area contributed by atoms with Crippen molar-refractivity contribution in [2.75, 3.05) is 19.5 Å². The van der Waals surface area contributed by atoms with E-state index in [4.69, 9.17) is 4.74 Å². The molecule has 0 saturated heterocycles. The first kappa shape index (κ1) is 12.1. The van der Waals surface area contributed by atoms with E-state index in [9.17, 15) is 4.79 Å². The Morgan fingerprint density at radius 2 is 1.88 bits per heavy atom. The summed E-state index contributed by atoms with van der Waals surface area (Å²) in [5, 5.41) is 3.06. The smallest absolute Gasteiger partial charge is 0.332 e. The number of rotatable bonds is 4. The minimum atomic E-state index is -0.376. The molecule has 0 bridgehead atoms. The molecule has 0 aliphatic heterocycles. The van der Waals surface area contributed by atoms with Crippen LogP contribution in [0.2, 0.25) is 0 Å². The molecule has 0 amide bonds. The fourth-order valence-electron chi connectivity index (χ4n) is 1.17. The molecule has 0 unspecified atom stereocenters. The van der Waals surface area contributed by atoms with Gasteiger partial charge in [0.05, 0.1) is 14.2 Å². The van der Waals surface area contributed by atoms with Gasteiger partial charge < -0.3 is 14.8 Å². The van der Waals surface area contributed by atoms with E-state index in [1.165, 1.54) is 13.2 Å². The number of esters is 1. The highest BCUT2D eigenvalue weighted by molar-refractivity contribution is 5.83. The highest BCUT2D eigenvalue weighted by Gasteiger charge is 1.98. The second-order valence-electron chi connectivity index (χ2n) is 3.20. The lowest BCUT2D eigenvalue weighted by Gasteiger charge is -2.07. The van der Waals surface area contributed by atoms with Crippen molar-refractivity contribution >= 4 is 11.7 Å². The summed E-state index contributed by atoms with van der Waals surface area (Å²) in [5.41, 5.74) is 1.61. The van der Waals surface area contributed by atoms with Gasteiger partial charge >= 0.3 is 5.97 Å². The van der Waals surface area contributed by atoms with Gasteiger partial charge in [-0.1, -0.05) is 0 Å². The van der Waals surface area contributed by atoms with Gasteiger partial charge in [-0.2, -0.15) is 0 Å². The van der Waals surface area contributed by atoms with E-state index in [2.05, 4.69) is 10.1 Å². The predicted molar refractivity (Wildman–Crippen MR) is 62.4 cm³/mol. The summed E-state index contributed by atoms with van der Waals surface area (Å²) in [6.45, 7) is 1.79. The molecule has 0 fully saturated rings. The first-order valence-corrected chi connectivity index (χ1v) is 4.83. The number of carbonyl (C=O) groups is 1. The average molecular weight is 221 g/mol. The highest BCUT2D eigenvalue weighted by Crippen LogP contribution is 2.16. The number of benzene rings is 1. The third kappa shape index (κ3) is 3.65. The van der Waals surface area contributed by atoms with Crippen molar-refractivity contribution in [2.45, 2.75) is 6.92 Å². The van der Waals surface area contributed by atoms with Gasteiger partial charge in [0.2, 0.25) is 0 Å². The monoisotopic (exact) mass is 221 g/mol. The lowest BCUT2D eigenvalue weighted by Crippen LogP contribution is -2.01. The zero-order valence-corrected chi connectivity index (χ0v) is 9.61. The van der Waals surface area contributed by atoms with Crippen LogP contribution in [0.15, 0.2) is 36.0 Å². The minimum absolute atomic E-state index is 0.376. The van der Waals surface area contributed by atoms with Gasteiger partial charge in [0.15, 0.2) is 0 Å². The van der Waals surface area contributed by atoms with Crippen LogP contribution in [-0.2, 0) is 9.53 Å². The Bertz CT molecular complexity index is 382. The molecule has 0 spiro atoms. The number of hydrogen-bond donors (Lipinski definition) is 1. The van der Waals surface area contributed by atoms with Crippen LogP contribution in [0, 0.1) is 0 Å². The lowest BCUT2D eigenvalue weighted by molar-refractivity contribution is -0.134. The number of nitrogens with one attached hydrogen (secondary N) is 1. The molecule has 0 aliphatic rings. The van der Waals surface area contributed by atoms with Crippen molar-refractivity contribution in [1.29, 1.82) is 0 Å². The zero-order chi connectivity index (χ0) is 12.0. The molecule has 1 aromatic rings. The van der Waals surface area contributed by atoms with Crippen LogP contribution in [-0.4, -0.2) is 20.2 Å². The number of methoxy groups -OCH3 is 2.